The molecule has 1 fully saturated rings. The number of halogens is 3. The summed E-state index contributed by atoms with van der Waals surface area (Å²) < 4.78 is 43.3. The van der Waals surface area contributed by atoms with Gasteiger partial charge in [0.25, 0.3) is 0 Å². The number of nitrogens with zero attached hydrogens (tertiary/aromatic N) is 1. The molecule has 9 heteroatoms. The molecular formula is C20H20F3N3O3. The smallest absolute Gasteiger partial charge is 0.416 e. The fraction of sp³-hybridized carbons (Fsp3) is 0.300. The van der Waals surface area contributed by atoms with E-state index in [1.165, 1.54) is 12.1 Å². The molecule has 3 rings (SSSR count). The fourth-order valence-electron chi connectivity index (χ4n) is 3.12. The van der Waals surface area contributed by atoms with E-state index in [2.05, 4.69) is 10.6 Å². The van der Waals surface area contributed by atoms with Crippen molar-refractivity contribution in [3.8, 4) is 5.75 Å². The number of nitrogens with one attached hydrogen (secondary N) is 2. The van der Waals surface area contributed by atoms with E-state index < -0.39 is 17.8 Å². The molecule has 0 radical (unpaired) electrons. The van der Waals surface area contributed by atoms with Gasteiger partial charge in [0, 0.05) is 36.8 Å². The van der Waals surface area contributed by atoms with E-state index in [9.17, 15) is 22.8 Å². The molecule has 1 saturated heterocycles. The number of methoxy groups -OCH3 is 1. The van der Waals surface area contributed by atoms with Crippen LogP contribution in [0.1, 0.15) is 12.0 Å². The van der Waals surface area contributed by atoms with Gasteiger partial charge in [0.05, 0.1) is 12.7 Å². The number of hydrogen-bond donors (Lipinski definition) is 2. The molecule has 0 aromatic heterocycles. The van der Waals surface area contributed by atoms with Gasteiger partial charge in [0.15, 0.2) is 0 Å². The molecule has 0 spiro atoms. The van der Waals surface area contributed by atoms with Crippen molar-refractivity contribution in [3.05, 3.63) is 54.1 Å². The molecule has 154 valence electrons. The second-order valence-corrected chi connectivity index (χ2v) is 6.69. The number of alkyl halides is 3. The third-order valence-corrected chi connectivity index (χ3v) is 4.59. The lowest BCUT2D eigenvalue weighted by molar-refractivity contribution is -0.137. The number of amides is 3. The number of hydrogen-bond acceptors (Lipinski definition) is 3. The summed E-state index contributed by atoms with van der Waals surface area (Å²) in [5.74, 6) is 0.530. The van der Waals surface area contributed by atoms with Gasteiger partial charge in [-0.25, -0.2) is 4.79 Å². The SMILES string of the molecule is COc1ccc(N2CC(CNC(=O)Nc3cccc(C(F)(F)F)c3)CC2=O)cc1. The molecule has 0 saturated carbocycles. The van der Waals surface area contributed by atoms with Gasteiger partial charge in [-0.15, -0.1) is 0 Å². The maximum absolute atomic E-state index is 12.7. The summed E-state index contributed by atoms with van der Waals surface area (Å²) in [5.41, 5.74) is -0.0572. The Hall–Kier alpha value is -3.23. The molecule has 2 N–H and O–H groups in total. The monoisotopic (exact) mass is 407 g/mol. The summed E-state index contributed by atoms with van der Waals surface area (Å²) in [4.78, 5) is 25.9. The van der Waals surface area contributed by atoms with Gasteiger partial charge < -0.3 is 20.3 Å². The topological polar surface area (TPSA) is 70.7 Å². The van der Waals surface area contributed by atoms with Crippen LogP contribution in [0.25, 0.3) is 0 Å². The van der Waals surface area contributed by atoms with Crippen molar-refractivity contribution in [2.45, 2.75) is 12.6 Å². The maximum atomic E-state index is 12.7. The number of rotatable bonds is 5. The highest BCUT2D eigenvalue weighted by Crippen LogP contribution is 2.30. The standard InChI is InChI=1S/C20H20F3N3O3/c1-29-17-7-5-16(6-8-17)26-12-13(9-18(26)27)11-24-19(28)25-15-4-2-3-14(10-15)20(21,22)23/h2-8,10,13H,9,11-12H2,1H3,(H2,24,25,28). The number of benzene rings is 2. The molecule has 3 amide bonds. The van der Waals surface area contributed by atoms with E-state index in [1.807, 2.05) is 0 Å². The van der Waals surface area contributed by atoms with E-state index in [0.29, 0.717) is 12.3 Å². The molecule has 1 atom stereocenters. The first kappa shape index (κ1) is 20.5. The fourth-order valence-corrected chi connectivity index (χ4v) is 3.12. The van der Waals surface area contributed by atoms with Gasteiger partial charge in [-0.1, -0.05) is 6.07 Å². The Morgan fingerprint density at radius 3 is 2.59 bits per heavy atom. The molecule has 6 nitrogen and oxygen atoms in total. The second-order valence-electron chi connectivity index (χ2n) is 6.69. The molecule has 2 aromatic carbocycles. The lowest BCUT2D eigenvalue weighted by Crippen LogP contribution is -2.34. The summed E-state index contributed by atoms with van der Waals surface area (Å²) in [6, 6.07) is 10.9. The molecular weight excluding hydrogens is 387 g/mol. The average molecular weight is 407 g/mol. The highest BCUT2D eigenvalue weighted by molar-refractivity contribution is 5.96. The van der Waals surface area contributed by atoms with Gasteiger partial charge in [-0.3, -0.25) is 4.79 Å². The van der Waals surface area contributed by atoms with Crippen LogP contribution in [-0.2, 0) is 11.0 Å². The predicted molar refractivity (Wildman–Crippen MR) is 102 cm³/mol. The normalized spacial score (nSPS) is 16.6. The van der Waals surface area contributed by atoms with Crippen molar-refractivity contribution in [3.63, 3.8) is 0 Å². The second kappa shape index (κ2) is 8.42. The minimum Gasteiger partial charge on any atom is -0.497 e. The van der Waals surface area contributed by atoms with Gasteiger partial charge in [-0.05, 0) is 42.5 Å². The van der Waals surface area contributed by atoms with Crippen molar-refractivity contribution in [2.75, 3.05) is 30.4 Å². The number of carbonyl (C=O) groups is 2. The molecule has 1 aliphatic heterocycles. The van der Waals surface area contributed by atoms with Gasteiger partial charge >= 0.3 is 12.2 Å². The first-order chi connectivity index (χ1) is 13.8. The summed E-state index contributed by atoms with van der Waals surface area (Å²) in [5, 5.41) is 4.99. The molecule has 2 aromatic rings. The maximum Gasteiger partial charge on any atom is 0.416 e. The van der Waals surface area contributed by atoms with E-state index in [1.54, 1.807) is 36.3 Å². The van der Waals surface area contributed by atoms with Crippen molar-refractivity contribution >= 4 is 23.3 Å². The molecule has 29 heavy (non-hydrogen) atoms. The van der Waals surface area contributed by atoms with Crippen molar-refractivity contribution in [1.29, 1.82) is 0 Å². The quantitative estimate of drug-likeness (QED) is 0.790. The van der Waals surface area contributed by atoms with Crippen LogP contribution in [0.5, 0.6) is 5.75 Å². The number of ether oxygens (including phenoxy) is 1. The highest BCUT2D eigenvalue weighted by Gasteiger charge is 2.31. The lowest BCUT2D eigenvalue weighted by atomic mass is 10.1. The number of carbonyl (C=O) groups excluding carboxylic acids is 2. The van der Waals surface area contributed by atoms with Crippen molar-refractivity contribution in [2.24, 2.45) is 5.92 Å². The van der Waals surface area contributed by atoms with E-state index in [0.717, 1.165) is 17.8 Å². The van der Waals surface area contributed by atoms with Gasteiger partial charge in [-0.2, -0.15) is 13.2 Å². The minimum absolute atomic E-state index is 0.0414. The first-order valence-corrected chi connectivity index (χ1v) is 8.93. The summed E-state index contributed by atoms with van der Waals surface area (Å²) >= 11 is 0. The van der Waals surface area contributed by atoms with Crippen molar-refractivity contribution in [1.82, 2.24) is 5.32 Å². The van der Waals surface area contributed by atoms with E-state index in [-0.39, 0.29) is 30.5 Å². The summed E-state index contributed by atoms with van der Waals surface area (Å²) in [6.45, 7) is 0.665. The Morgan fingerprint density at radius 1 is 1.21 bits per heavy atom. The van der Waals surface area contributed by atoms with Crippen molar-refractivity contribution < 1.29 is 27.5 Å². The van der Waals surface area contributed by atoms with Crippen LogP contribution in [-0.4, -0.2) is 32.1 Å². The van der Waals surface area contributed by atoms with Crippen LogP contribution >= 0.6 is 0 Å². The van der Waals surface area contributed by atoms with Crippen LogP contribution < -0.4 is 20.3 Å². The average Bonchev–Trinajstić information content (AvgIpc) is 3.07. The highest BCUT2D eigenvalue weighted by atomic mass is 19.4. The lowest BCUT2D eigenvalue weighted by Gasteiger charge is -2.17. The minimum atomic E-state index is -4.48. The van der Waals surface area contributed by atoms with Crippen LogP contribution in [0.4, 0.5) is 29.3 Å². The third-order valence-electron chi connectivity index (χ3n) is 4.59. The molecule has 1 unspecified atom stereocenters. The summed E-state index contributed by atoms with van der Waals surface area (Å²) in [7, 11) is 1.56. The Labute approximate surface area is 165 Å². The zero-order chi connectivity index (χ0) is 21.0. The molecule has 1 heterocycles. The Balaban J connectivity index is 1.52. The van der Waals surface area contributed by atoms with Gasteiger partial charge in [0.2, 0.25) is 5.91 Å². The third kappa shape index (κ3) is 5.18. The first-order valence-electron chi connectivity index (χ1n) is 8.93. The molecule has 0 aliphatic carbocycles. The predicted octanol–water partition coefficient (Wildman–Crippen LogP) is 3.89. The van der Waals surface area contributed by atoms with Crippen LogP contribution in [0.3, 0.4) is 0 Å². The zero-order valence-electron chi connectivity index (χ0n) is 15.6. The zero-order valence-corrected chi connectivity index (χ0v) is 15.6. The van der Waals surface area contributed by atoms with Gasteiger partial charge in [0.1, 0.15) is 5.75 Å². The number of urea groups is 1. The summed E-state index contributed by atoms with van der Waals surface area (Å²) in [6.07, 6.45) is -4.21. The number of anilines is 2. The van der Waals surface area contributed by atoms with Crippen LogP contribution in [0.15, 0.2) is 48.5 Å². The van der Waals surface area contributed by atoms with Crippen LogP contribution in [0, 0.1) is 5.92 Å². The van der Waals surface area contributed by atoms with Crippen LogP contribution in [0.2, 0.25) is 0 Å². The Kier molecular flexibility index (Phi) is 5.95. The largest absolute Gasteiger partial charge is 0.497 e. The molecule has 0 bridgehead atoms. The van der Waals surface area contributed by atoms with E-state index in [4.69, 9.17) is 4.74 Å². The Morgan fingerprint density at radius 2 is 1.93 bits per heavy atom. The molecule has 1 aliphatic rings. The van der Waals surface area contributed by atoms with E-state index >= 15 is 0 Å². The Bertz CT molecular complexity index is 885.